The minimum Gasteiger partial charge on any atom is -0.492 e. The lowest BCUT2D eigenvalue weighted by Crippen LogP contribution is -2.35. The van der Waals surface area contributed by atoms with E-state index in [1.807, 2.05) is 6.08 Å². The number of nitrogens with zero attached hydrogens (tertiary/aromatic N) is 2. The highest BCUT2D eigenvalue weighted by Gasteiger charge is 2.46. The van der Waals surface area contributed by atoms with Gasteiger partial charge in [0.05, 0.1) is 37.0 Å². The first-order valence-corrected chi connectivity index (χ1v) is 14.7. The SMILES string of the molecule is COC(=O)c1c(N(C(=O)OC)S(=O)c2ccc(F)cc2C=CCN2CCC(C(C)(C)O)C2)ccc2c1OCC1CC21. The molecule has 220 valence electrons. The number of benzene rings is 2. The Hall–Kier alpha value is -3.28. The Morgan fingerprint density at radius 2 is 2.02 bits per heavy atom. The molecule has 0 aromatic heterocycles. The van der Waals surface area contributed by atoms with Gasteiger partial charge in [0.1, 0.15) is 17.1 Å². The first kappa shape index (κ1) is 29.2. The van der Waals surface area contributed by atoms with Crippen LogP contribution in [0.1, 0.15) is 54.1 Å². The van der Waals surface area contributed by atoms with Gasteiger partial charge in [-0.05, 0) is 74.5 Å². The fourth-order valence-corrected chi connectivity index (χ4v) is 6.91. The van der Waals surface area contributed by atoms with E-state index in [1.54, 1.807) is 32.1 Å². The van der Waals surface area contributed by atoms with Crippen molar-refractivity contribution in [1.82, 2.24) is 4.90 Å². The first-order valence-electron chi connectivity index (χ1n) is 13.6. The maximum absolute atomic E-state index is 14.4. The van der Waals surface area contributed by atoms with Crippen molar-refractivity contribution in [2.75, 3.05) is 44.8 Å². The van der Waals surface area contributed by atoms with Gasteiger partial charge in [-0.25, -0.2) is 18.2 Å². The Morgan fingerprint density at radius 3 is 2.71 bits per heavy atom. The lowest BCUT2D eigenvalue weighted by molar-refractivity contribution is 0.0215. The summed E-state index contributed by atoms with van der Waals surface area (Å²) >= 11 is 0. The number of anilines is 1. The van der Waals surface area contributed by atoms with Crippen LogP contribution >= 0.6 is 0 Å². The van der Waals surface area contributed by atoms with E-state index in [2.05, 4.69) is 4.90 Å². The summed E-state index contributed by atoms with van der Waals surface area (Å²) in [6, 6.07) is 7.08. The van der Waals surface area contributed by atoms with Gasteiger partial charge in [-0.2, -0.15) is 4.31 Å². The molecule has 1 N–H and O–H groups in total. The summed E-state index contributed by atoms with van der Waals surface area (Å²) in [5, 5.41) is 10.3. The van der Waals surface area contributed by atoms with E-state index >= 15 is 0 Å². The number of hydrogen-bond acceptors (Lipinski definition) is 8. The number of hydrogen-bond donors (Lipinski definition) is 1. The predicted octanol–water partition coefficient (Wildman–Crippen LogP) is 4.51. The van der Waals surface area contributed by atoms with Crippen molar-refractivity contribution in [1.29, 1.82) is 0 Å². The molecule has 0 spiro atoms. The molecule has 11 heteroatoms. The molecule has 0 bridgehead atoms. The second-order valence-electron chi connectivity index (χ2n) is 11.3. The summed E-state index contributed by atoms with van der Waals surface area (Å²) in [4.78, 5) is 28.4. The molecule has 9 nitrogen and oxygen atoms in total. The molecular formula is C30H35FN2O7S. The molecule has 5 rings (SSSR count). The molecule has 2 aliphatic heterocycles. The van der Waals surface area contributed by atoms with Gasteiger partial charge >= 0.3 is 12.1 Å². The highest BCUT2D eigenvalue weighted by atomic mass is 32.2. The molecule has 2 aromatic carbocycles. The summed E-state index contributed by atoms with van der Waals surface area (Å²) < 4.78 is 45.3. The second kappa shape index (κ2) is 11.5. The number of likely N-dealkylation sites (tertiary alicyclic amines) is 1. The Bertz CT molecular complexity index is 1410. The summed E-state index contributed by atoms with van der Waals surface area (Å²) in [5.74, 6) is -0.160. The van der Waals surface area contributed by atoms with Gasteiger partial charge < -0.3 is 19.3 Å². The normalized spacial score (nSPS) is 22.4. The van der Waals surface area contributed by atoms with Crippen molar-refractivity contribution >= 4 is 34.8 Å². The van der Waals surface area contributed by atoms with Gasteiger partial charge in [-0.3, -0.25) is 4.90 Å². The van der Waals surface area contributed by atoms with E-state index in [4.69, 9.17) is 14.2 Å². The maximum Gasteiger partial charge on any atom is 0.426 e. The van der Waals surface area contributed by atoms with Gasteiger partial charge in [-0.1, -0.05) is 18.2 Å². The zero-order chi connectivity index (χ0) is 29.5. The summed E-state index contributed by atoms with van der Waals surface area (Å²) in [6.07, 6.45) is 4.34. The fourth-order valence-electron chi connectivity index (χ4n) is 5.66. The van der Waals surface area contributed by atoms with Crippen LogP contribution in [0.5, 0.6) is 5.75 Å². The molecule has 1 saturated carbocycles. The number of fused-ring (bicyclic) bond motifs is 3. The topological polar surface area (TPSA) is 106 Å². The Labute approximate surface area is 241 Å². The van der Waals surface area contributed by atoms with Crippen LogP contribution in [0.15, 0.2) is 41.3 Å². The van der Waals surface area contributed by atoms with Gasteiger partial charge in [-0.15, -0.1) is 0 Å². The van der Waals surface area contributed by atoms with Crippen molar-refractivity contribution in [2.45, 2.75) is 43.1 Å². The molecule has 0 radical (unpaired) electrons. The maximum atomic E-state index is 14.4. The van der Waals surface area contributed by atoms with Crippen LogP contribution in [0.4, 0.5) is 14.9 Å². The Balaban J connectivity index is 1.48. The Morgan fingerprint density at radius 1 is 1.24 bits per heavy atom. The highest BCUT2D eigenvalue weighted by molar-refractivity contribution is 7.87. The lowest BCUT2D eigenvalue weighted by Gasteiger charge is -2.26. The highest BCUT2D eigenvalue weighted by Crippen LogP contribution is 2.55. The van der Waals surface area contributed by atoms with Crippen molar-refractivity contribution in [3.8, 4) is 5.75 Å². The van der Waals surface area contributed by atoms with Crippen molar-refractivity contribution < 1.29 is 37.5 Å². The summed E-state index contributed by atoms with van der Waals surface area (Å²) in [6.45, 7) is 6.14. The molecule has 1 aliphatic carbocycles. The number of carbonyl (C=O) groups is 2. The number of esters is 1. The lowest BCUT2D eigenvalue weighted by atomic mass is 9.90. The minimum absolute atomic E-state index is 0.00821. The molecule has 1 saturated heterocycles. The van der Waals surface area contributed by atoms with Crippen LogP contribution in [-0.2, 0) is 20.5 Å². The molecule has 2 heterocycles. The van der Waals surface area contributed by atoms with Crippen LogP contribution in [0.3, 0.4) is 0 Å². The van der Waals surface area contributed by atoms with Crippen molar-refractivity contribution in [3.05, 3.63) is 58.9 Å². The van der Waals surface area contributed by atoms with E-state index in [-0.39, 0.29) is 28.0 Å². The smallest absolute Gasteiger partial charge is 0.426 e. The zero-order valence-electron chi connectivity index (χ0n) is 23.6. The molecule has 2 aromatic rings. The Kier molecular flexibility index (Phi) is 8.22. The molecule has 2 fully saturated rings. The average Bonchev–Trinajstić information content (AvgIpc) is 3.59. The third-order valence-electron chi connectivity index (χ3n) is 8.14. The monoisotopic (exact) mass is 586 g/mol. The van der Waals surface area contributed by atoms with Gasteiger partial charge in [0.15, 0.2) is 11.0 Å². The predicted molar refractivity (Wildman–Crippen MR) is 152 cm³/mol. The minimum atomic E-state index is -2.24. The van der Waals surface area contributed by atoms with Gasteiger partial charge in [0, 0.05) is 24.9 Å². The molecule has 4 atom stereocenters. The van der Waals surface area contributed by atoms with Crippen LogP contribution in [0, 0.1) is 17.7 Å². The number of rotatable bonds is 8. The molecular weight excluding hydrogens is 551 g/mol. The third-order valence-corrected chi connectivity index (χ3v) is 9.56. The van der Waals surface area contributed by atoms with Crippen molar-refractivity contribution in [2.24, 2.45) is 11.8 Å². The van der Waals surface area contributed by atoms with Crippen LogP contribution in [0.25, 0.3) is 6.08 Å². The van der Waals surface area contributed by atoms with Gasteiger partial charge in [0.2, 0.25) is 0 Å². The summed E-state index contributed by atoms with van der Waals surface area (Å²) in [7, 11) is 0.130. The van der Waals surface area contributed by atoms with Crippen LogP contribution in [0.2, 0.25) is 0 Å². The first-order chi connectivity index (χ1) is 19.5. The van der Waals surface area contributed by atoms with Gasteiger partial charge in [0.25, 0.3) is 0 Å². The molecule has 3 aliphatic rings. The van der Waals surface area contributed by atoms with E-state index < -0.39 is 34.5 Å². The number of methoxy groups -OCH3 is 2. The zero-order valence-corrected chi connectivity index (χ0v) is 24.4. The van der Waals surface area contributed by atoms with Crippen molar-refractivity contribution in [3.63, 3.8) is 0 Å². The molecule has 1 amide bonds. The number of amides is 1. The second-order valence-corrected chi connectivity index (χ2v) is 12.6. The van der Waals surface area contributed by atoms with Crippen LogP contribution < -0.4 is 9.04 Å². The number of aliphatic hydroxyl groups is 1. The number of carbonyl (C=O) groups excluding carboxylic acids is 2. The quantitative estimate of drug-likeness (QED) is 0.451. The average molecular weight is 587 g/mol. The van der Waals surface area contributed by atoms with E-state index in [0.717, 1.165) is 42.9 Å². The van der Waals surface area contributed by atoms with Crippen LogP contribution in [-0.4, -0.2) is 72.3 Å². The molecule has 4 unspecified atom stereocenters. The largest absolute Gasteiger partial charge is 0.492 e. The number of ether oxygens (including phenoxy) is 3. The third kappa shape index (κ3) is 5.89. The fraction of sp³-hybridized carbons (Fsp3) is 0.467. The van der Waals surface area contributed by atoms with E-state index in [0.29, 0.717) is 30.4 Å². The summed E-state index contributed by atoms with van der Waals surface area (Å²) in [5.41, 5.74) is 0.385. The van der Waals surface area contributed by atoms with E-state index in [9.17, 15) is 23.3 Å². The van der Waals surface area contributed by atoms with E-state index in [1.165, 1.54) is 25.3 Å². The number of halogens is 1. The molecule has 41 heavy (non-hydrogen) atoms. The standard InChI is InChI=1S/C30H35FN2O7S/c1-30(2,36)20-11-13-32(16-20)12-5-6-18-14-21(31)7-10-25(18)41(37)33(29(35)39-4)24-9-8-22-23-15-19(23)17-40-27(22)26(24)28(34)38-3/h5-10,14,19-20,23,36H,11-13,15-17H2,1-4H3.